The molecule has 2 amide bonds. The lowest BCUT2D eigenvalue weighted by molar-refractivity contribution is 0.0173. The number of hydrogen-bond donors (Lipinski definition) is 0. The second-order valence-electron chi connectivity index (χ2n) is 7.91. The fraction of sp³-hybridized carbons (Fsp3) is 0.364. The van der Waals surface area contributed by atoms with Crippen molar-refractivity contribution in [1.29, 1.82) is 0 Å². The Morgan fingerprint density at radius 1 is 1.20 bits per heavy atom. The molecule has 8 heteroatoms. The van der Waals surface area contributed by atoms with Crippen molar-refractivity contribution >= 4 is 18.0 Å². The van der Waals surface area contributed by atoms with E-state index in [9.17, 15) is 9.59 Å². The molecule has 2 aromatic rings. The first-order valence-electron chi connectivity index (χ1n) is 10.1. The Balaban J connectivity index is 1.68. The van der Waals surface area contributed by atoms with Crippen LogP contribution in [-0.4, -0.2) is 56.3 Å². The molecular weight excluding hydrogens is 382 g/mol. The number of nitrogens with zero attached hydrogens (tertiary/aromatic N) is 5. The van der Waals surface area contributed by atoms with E-state index < -0.39 is 5.66 Å². The van der Waals surface area contributed by atoms with E-state index in [2.05, 4.69) is 22.3 Å². The molecule has 5 heterocycles. The van der Waals surface area contributed by atoms with Gasteiger partial charge in [-0.25, -0.2) is 0 Å². The summed E-state index contributed by atoms with van der Waals surface area (Å²) < 4.78 is 6.96. The molecule has 154 valence electrons. The SMILES string of the molecule is CC1=CCC/C=C(\C23Cn4cccc4C(=O)N2CCN3C(=O)c2conc2C)C=N1. The van der Waals surface area contributed by atoms with Crippen LogP contribution in [0.5, 0.6) is 0 Å². The average Bonchev–Trinajstić information content (AvgIpc) is 3.43. The van der Waals surface area contributed by atoms with Crippen LogP contribution in [0.2, 0.25) is 0 Å². The molecule has 3 aliphatic heterocycles. The third kappa shape index (κ3) is 2.59. The molecular formula is C22H23N5O3. The predicted octanol–water partition coefficient (Wildman–Crippen LogP) is 2.79. The molecule has 8 nitrogen and oxygen atoms in total. The Morgan fingerprint density at radius 3 is 2.83 bits per heavy atom. The quantitative estimate of drug-likeness (QED) is 0.769. The standard InChI is InChI=1S/C22H23N5O3/c1-15-6-3-4-7-17(12-23-15)22-14-25-9-5-8-19(25)21(29)27(22)11-10-26(22)20(28)18-13-30-24-16(18)2/h5-9,12-13H,3-4,10-11,14H2,1-2H3/b15-6?,17-7-,23-12?. The van der Waals surface area contributed by atoms with Crippen LogP contribution < -0.4 is 0 Å². The van der Waals surface area contributed by atoms with Gasteiger partial charge in [0, 0.05) is 36.8 Å². The van der Waals surface area contributed by atoms with Crippen molar-refractivity contribution in [2.24, 2.45) is 4.99 Å². The molecule has 1 unspecified atom stereocenters. The van der Waals surface area contributed by atoms with Crippen LogP contribution in [0, 0.1) is 6.92 Å². The van der Waals surface area contributed by atoms with Crippen LogP contribution >= 0.6 is 0 Å². The highest BCUT2D eigenvalue weighted by Crippen LogP contribution is 2.41. The van der Waals surface area contributed by atoms with Gasteiger partial charge in [-0.15, -0.1) is 0 Å². The fourth-order valence-electron chi connectivity index (χ4n) is 4.67. The van der Waals surface area contributed by atoms with Gasteiger partial charge in [-0.2, -0.15) is 0 Å². The van der Waals surface area contributed by atoms with E-state index in [-0.39, 0.29) is 11.8 Å². The molecule has 0 saturated carbocycles. The first-order valence-corrected chi connectivity index (χ1v) is 10.1. The number of carbonyl (C=O) groups is 2. The van der Waals surface area contributed by atoms with Crippen molar-refractivity contribution in [3.8, 4) is 0 Å². The zero-order valence-electron chi connectivity index (χ0n) is 17.0. The molecule has 1 atom stereocenters. The highest BCUT2D eigenvalue weighted by atomic mass is 16.5. The minimum atomic E-state index is -0.939. The first kappa shape index (κ1) is 18.6. The second-order valence-corrected chi connectivity index (χ2v) is 7.91. The predicted molar refractivity (Wildman–Crippen MR) is 110 cm³/mol. The summed E-state index contributed by atoms with van der Waals surface area (Å²) in [5, 5.41) is 3.87. The fourth-order valence-corrected chi connectivity index (χ4v) is 4.67. The Hall–Kier alpha value is -3.42. The van der Waals surface area contributed by atoms with Crippen molar-refractivity contribution in [3.63, 3.8) is 0 Å². The number of fused-ring (bicyclic) bond motifs is 2. The van der Waals surface area contributed by atoms with Gasteiger partial charge < -0.3 is 18.9 Å². The molecule has 0 aliphatic carbocycles. The molecule has 1 saturated heterocycles. The zero-order chi connectivity index (χ0) is 20.9. The lowest BCUT2D eigenvalue weighted by atomic mass is 9.92. The smallest absolute Gasteiger partial charge is 0.272 e. The summed E-state index contributed by atoms with van der Waals surface area (Å²) in [6, 6.07) is 3.70. The Labute approximate surface area is 174 Å². The number of rotatable bonds is 2. The molecule has 0 N–H and O–H groups in total. The maximum absolute atomic E-state index is 13.6. The summed E-state index contributed by atoms with van der Waals surface area (Å²) >= 11 is 0. The Kier molecular flexibility index (Phi) is 4.23. The normalized spacial score (nSPS) is 25.2. The van der Waals surface area contributed by atoms with E-state index >= 15 is 0 Å². The summed E-state index contributed by atoms with van der Waals surface area (Å²) in [5.41, 5.74) is 2.45. The number of hydrogen-bond acceptors (Lipinski definition) is 5. The van der Waals surface area contributed by atoms with Crippen molar-refractivity contribution < 1.29 is 14.1 Å². The van der Waals surface area contributed by atoms with E-state index in [0.29, 0.717) is 36.6 Å². The lowest BCUT2D eigenvalue weighted by Gasteiger charge is -2.47. The number of amides is 2. The van der Waals surface area contributed by atoms with E-state index in [1.54, 1.807) is 11.8 Å². The number of aryl methyl sites for hydroxylation is 1. The third-order valence-corrected chi connectivity index (χ3v) is 6.19. The number of aliphatic imine (C=N–C) groups is 1. The molecule has 30 heavy (non-hydrogen) atoms. The van der Waals surface area contributed by atoms with Crippen LogP contribution in [-0.2, 0) is 6.54 Å². The number of allylic oxidation sites excluding steroid dienone is 3. The molecule has 0 radical (unpaired) electrons. The Morgan fingerprint density at radius 2 is 2.03 bits per heavy atom. The highest BCUT2D eigenvalue weighted by molar-refractivity contribution is 6.01. The Bertz CT molecular complexity index is 1120. The van der Waals surface area contributed by atoms with Crippen LogP contribution in [0.25, 0.3) is 0 Å². The van der Waals surface area contributed by atoms with Gasteiger partial charge in [-0.3, -0.25) is 14.6 Å². The number of carbonyl (C=O) groups excluding carboxylic acids is 2. The minimum absolute atomic E-state index is 0.0767. The van der Waals surface area contributed by atoms with Crippen molar-refractivity contribution in [1.82, 2.24) is 19.5 Å². The number of aromatic nitrogens is 2. The van der Waals surface area contributed by atoms with Crippen molar-refractivity contribution in [2.45, 2.75) is 38.9 Å². The molecule has 3 aliphatic rings. The maximum atomic E-state index is 13.6. The summed E-state index contributed by atoms with van der Waals surface area (Å²) in [7, 11) is 0. The van der Waals surface area contributed by atoms with Gasteiger partial charge >= 0.3 is 0 Å². The van der Waals surface area contributed by atoms with Crippen LogP contribution in [0.3, 0.4) is 0 Å². The molecule has 0 aromatic carbocycles. The summed E-state index contributed by atoms with van der Waals surface area (Å²) in [5.74, 6) is -0.268. The minimum Gasteiger partial charge on any atom is -0.364 e. The first-order chi connectivity index (χ1) is 14.5. The second kappa shape index (κ2) is 6.83. The molecule has 5 rings (SSSR count). The van der Waals surface area contributed by atoms with Gasteiger partial charge in [0.15, 0.2) is 5.66 Å². The largest absolute Gasteiger partial charge is 0.364 e. The zero-order valence-corrected chi connectivity index (χ0v) is 17.0. The van der Waals surface area contributed by atoms with E-state index in [1.807, 2.05) is 40.9 Å². The topological polar surface area (TPSA) is 83.9 Å². The molecule has 2 aromatic heterocycles. The van der Waals surface area contributed by atoms with Gasteiger partial charge in [0.1, 0.15) is 17.5 Å². The summed E-state index contributed by atoms with van der Waals surface area (Å²) in [6.07, 6.45) is 11.0. The van der Waals surface area contributed by atoms with Gasteiger partial charge in [0.2, 0.25) is 0 Å². The van der Waals surface area contributed by atoms with Gasteiger partial charge in [-0.05, 0) is 38.8 Å². The average molecular weight is 405 g/mol. The van der Waals surface area contributed by atoms with Crippen LogP contribution in [0.1, 0.15) is 46.3 Å². The van der Waals surface area contributed by atoms with E-state index in [4.69, 9.17) is 4.52 Å². The van der Waals surface area contributed by atoms with Crippen LogP contribution in [0.4, 0.5) is 0 Å². The van der Waals surface area contributed by atoms with Crippen molar-refractivity contribution in [3.05, 3.63) is 65.0 Å². The lowest BCUT2D eigenvalue weighted by Crippen LogP contribution is -2.63. The maximum Gasteiger partial charge on any atom is 0.272 e. The van der Waals surface area contributed by atoms with Crippen molar-refractivity contribution in [2.75, 3.05) is 13.1 Å². The molecule has 1 fully saturated rings. The van der Waals surface area contributed by atoms with E-state index in [0.717, 1.165) is 24.1 Å². The third-order valence-electron chi connectivity index (χ3n) is 6.19. The molecule has 0 spiro atoms. The van der Waals surface area contributed by atoms with Gasteiger partial charge in [0.05, 0.1) is 12.2 Å². The molecule has 0 bridgehead atoms. The van der Waals surface area contributed by atoms with Crippen LogP contribution in [0.15, 0.2) is 57.5 Å². The van der Waals surface area contributed by atoms with E-state index in [1.165, 1.54) is 6.26 Å². The van der Waals surface area contributed by atoms with Gasteiger partial charge in [-0.1, -0.05) is 17.3 Å². The summed E-state index contributed by atoms with van der Waals surface area (Å²) in [4.78, 5) is 35.2. The highest BCUT2D eigenvalue weighted by Gasteiger charge is 2.57. The van der Waals surface area contributed by atoms with Gasteiger partial charge in [0.25, 0.3) is 11.8 Å². The summed E-state index contributed by atoms with van der Waals surface area (Å²) in [6.45, 7) is 5.05. The monoisotopic (exact) mass is 405 g/mol.